The Morgan fingerprint density at radius 3 is 3.11 bits per heavy atom. The summed E-state index contributed by atoms with van der Waals surface area (Å²) < 4.78 is 0. The summed E-state index contributed by atoms with van der Waals surface area (Å²) in [7, 11) is 0. The number of aromatic amines is 1. The maximum absolute atomic E-state index is 11.5. The van der Waals surface area contributed by atoms with Crippen molar-refractivity contribution in [1.29, 1.82) is 5.26 Å². The van der Waals surface area contributed by atoms with Crippen LogP contribution in [-0.2, 0) is 4.79 Å². The van der Waals surface area contributed by atoms with E-state index in [1.165, 1.54) is 6.08 Å². The van der Waals surface area contributed by atoms with Crippen LogP contribution in [0.25, 0.3) is 6.08 Å². The zero-order chi connectivity index (χ0) is 12.8. The molecule has 5 nitrogen and oxygen atoms in total. The summed E-state index contributed by atoms with van der Waals surface area (Å²) in [5, 5.41) is 11.3. The molecule has 1 heterocycles. The van der Waals surface area contributed by atoms with Crippen LogP contribution in [0.1, 0.15) is 11.1 Å². The van der Waals surface area contributed by atoms with E-state index in [0.29, 0.717) is 11.5 Å². The molecule has 0 spiro atoms. The molecule has 0 aliphatic rings. The predicted molar refractivity (Wildman–Crippen MR) is 67.4 cm³/mol. The third kappa shape index (κ3) is 3.06. The van der Waals surface area contributed by atoms with Gasteiger partial charge in [0.25, 0.3) is 5.91 Å². The fourth-order valence-electron chi connectivity index (χ4n) is 1.38. The lowest BCUT2D eigenvalue weighted by Crippen LogP contribution is -2.08. The van der Waals surface area contributed by atoms with Gasteiger partial charge >= 0.3 is 0 Å². The fraction of sp³-hybridized carbons (Fsp3) is 0. The molecule has 1 aromatic carbocycles. The molecule has 1 aromatic heterocycles. The largest absolute Gasteiger partial charge is 0.331 e. The lowest BCUT2D eigenvalue weighted by Gasteiger charge is -1.96. The number of hydrogen-bond acceptors (Lipinski definition) is 3. The van der Waals surface area contributed by atoms with Gasteiger partial charge in [0.15, 0.2) is 0 Å². The summed E-state index contributed by atoms with van der Waals surface area (Å²) in [4.78, 5) is 18.2. The van der Waals surface area contributed by atoms with Crippen LogP contribution in [0.5, 0.6) is 0 Å². The normalized spacial score (nSPS) is 10.2. The van der Waals surface area contributed by atoms with E-state index < -0.39 is 0 Å². The van der Waals surface area contributed by atoms with Crippen LogP contribution in [0.3, 0.4) is 0 Å². The van der Waals surface area contributed by atoms with Crippen LogP contribution in [0.15, 0.2) is 42.7 Å². The van der Waals surface area contributed by atoms with Crippen molar-refractivity contribution in [2.24, 2.45) is 0 Å². The van der Waals surface area contributed by atoms with Gasteiger partial charge in [-0.25, -0.2) is 4.98 Å². The van der Waals surface area contributed by atoms with Gasteiger partial charge in [0.05, 0.1) is 11.6 Å². The van der Waals surface area contributed by atoms with Crippen LogP contribution in [-0.4, -0.2) is 15.9 Å². The number of rotatable bonds is 3. The maximum Gasteiger partial charge on any atom is 0.250 e. The second-order valence-corrected chi connectivity index (χ2v) is 3.50. The number of nitrogens with one attached hydrogen (secondary N) is 2. The Hall–Kier alpha value is -2.87. The smallest absolute Gasteiger partial charge is 0.250 e. The summed E-state index contributed by atoms with van der Waals surface area (Å²) in [6.45, 7) is 0. The molecule has 0 atom stereocenters. The number of benzene rings is 1. The second kappa shape index (κ2) is 5.46. The molecule has 0 aliphatic carbocycles. The van der Waals surface area contributed by atoms with Crippen molar-refractivity contribution in [3.63, 3.8) is 0 Å². The SMILES string of the molecule is N#Cc1cccc(/C=C/C(=O)Nc2ncc[nH]2)c1. The lowest BCUT2D eigenvalue weighted by molar-refractivity contribution is -0.111. The highest BCUT2D eigenvalue weighted by molar-refractivity contribution is 6.00. The van der Waals surface area contributed by atoms with Crippen molar-refractivity contribution in [2.75, 3.05) is 5.32 Å². The summed E-state index contributed by atoms with van der Waals surface area (Å²) >= 11 is 0. The highest BCUT2D eigenvalue weighted by atomic mass is 16.1. The van der Waals surface area contributed by atoms with Crippen molar-refractivity contribution in [3.8, 4) is 6.07 Å². The summed E-state index contributed by atoms with van der Waals surface area (Å²) in [6.07, 6.45) is 6.20. The number of carbonyl (C=O) groups is 1. The van der Waals surface area contributed by atoms with E-state index in [9.17, 15) is 4.79 Å². The third-order valence-corrected chi connectivity index (χ3v) is 2.18. The van der Waals surface area contributed by atoms with Gasteiger partial charge in [-0.3, -0.25) is 10.1 Å². The first-order valence-corrected chi connectivity index (χ1v) is 5.26. The zero-order valence-corrected chi connectivity index (χ0v) is 9.42. The van der Waals surface area contributed by atoms with Crippen LogP contribution in [0.2, 0.25) is 0 Å². The van der Waals surface area contributed by atoms with Gasteiger partial charge in [-0.15, -0.1) is 0 Å². The van der Waals surface area contributed by atoms with E-state index in [1.54, 1.807) is 36.7 Å². The summed E-state index contributed by atoms with van der Waals surface area (Å²) in [5.41, 5.74) is 1.35. The molecule has 2 aromatic rings. The molecule has 18 heavy (non-hydrogen) atoms. The minimum Gasteiger partial charge on any atom is -0.331 e. The second-order valence-electron chi connectivity index (χ2n) is 3.50. The van der Waals surface area contributed by atoms with E-state index >= 15 is 0 Å². The fourth-order valence-corrected chi connectivity index (χ4v) is 1.38. The Morgan fingerprint density at radius 1 is 1.50 bits per heavy atom. The van der Waals surface area contributed by atoms with Gasteiger partial charge in [0, 0.05) is 18.5 Å². The molecule has 88 valence electrons. The van der Waals surface area contributed by atoms with Crippen LogP contribution in [0, 0.1) is 11.3 Å². The molecular formula is C13H10N4O. The van der Waals surface area contributed by atoms with E-state index in [0.717, 1.165) is 5.56 Å². The molecule has 0 saturated heterocycles. The first-order valence-electron chi connectivity index (χ1n) is 5.26. The molecule has 2 rings (SSSR count). The van der Waals surface area contributed by atoms with Gasteiger partial charge in [-0.05, 0) is 23.8 Å². The topological polar surface area (TPSA) is 81.6 Å². The summed E-state index contributed by atoms with van der Waals surface area (Å²) in [5.74, 6) is 0.114. The molecule has 2 N–H and O–H groups in total. The Morgan fingerprint density at radius 2 is 2.39 bits per heavy atom. The molecular weight excluding hydrogens is 228 g/mol. The van der Waals surface area contributed by atoms with Crippen molar-refractivity contribution < 1.29 is 4.79 Å². The van der Waals surface area contributed by atoms with E-state index in [1.807, 2.05) is 12.1 Å². The molecule has 0 aliphatic heterocycles. The third-order valence-electron chi connectivity index (χ3n) is 2.18. The zero-order valence-electron chi connectivity index (χ0n) is 9.42. The average Bonchev–Trinajstić information content (AvgIpc) is 2.89. The first kappa shape index (κ1) is 11.6. The van der Waals surface area contributed by atoms with Gasteiger partial charge in [0.1, 0.15) is 0 Å². The number of imidazole rings is 1. The predicted octanol–water partition coefficient (Wildman–Crippen LogP) is 1.93. The highest BCUT2D eigenvalue weighted by Crippen LogP contribution is 2.06. The van der Waals surface area contributed by atoms with Crippen LogP contribution < -0.4 is 5.32 Å². The van der Waals surface area contributed by atoms with Gasteiger partial charge < -0.3 is 4.98 Å². The first-order chi connectivity index (χ1) is 8.78. The molecule has 0 fully saturated rings. The minimum absolute atomic E-state index is 0.285. The summed E-state index contributed by atoms with van der Waals surface area (Å²) in [6, 6.07) is 9.04. The average molecular weight is 238 g/mol. The van der Waals surface area contributed by atoms with Crippen molar-refractivity contribution in [2.45, 2.75) is 0 Å². The standard InChI is InChI=1S/C13H10N4O/c14-9-11-3-1-2-10(8-11)4-5-12(18)17-13-15-6-7-16-13/h1-8H,(H2,15,16,17,18)/b5-4+. The Kier molecular flexibility index (Phi) is 3.52. The molecule has 0 radical (unpaired) electrons. The van der Waals surface area contributed by atoms with Crippen molar-refractivity contribution in [1.82, 2.24) is 9.97 Å². The molecule has 1 amide bonds. The number of anilines is 1. The number of aromatic nitrogens is 2. The number of nitriles is 1. The number of carbonyl (C=O) groups excluding carboxylic acids is 1. The number of nitrogens with zero attached hydrogens (tertiary/aromatic N) is 2. The van der Waals surface area contributed by atoms with Crippen molar-refractivity contribution in [3.05, 3.63) is 53.9 Å². The van der Waals surface area contributed by atoms with E-state index in [4.69, 9.17) is 5.26 Å². The number of amides is 1. The Bertz CT molecular complexity index is 608. The van der Waals surface area contributed by atoms with Gasteiger partial charge in [-0.2, -0.15) is 5.26 Å². The van der Waals surface area contributed by atoms with Crippen molar-refractivity contribution >= 4 is 17.9 Å². The van der Waals surface area contributed by atoms with E-state index in [2.05, 4.69) is 15.3 Å². The van der Waals surface area contributed by atoms with Crippen LogP contribution >= 0.6 is 0 Å². The lowest BCUT2D eigenvalue weighted by atomic mass is 10.1. The molecule has 0 bridgehead atoms. The van der Waals surface area contributed by atoms with Crippen LogP contribution in [0.4, 0.5) is 5.95 Å². The maximum atomic E-state index is 11.5. The highest BCUT2D eigenvalue weighted by Gasteiger charge is 1.98. The van der Waals surface area contributed by atoms with Gasteiger partial charge in [0.2, 0.25) is 5.95 Å². The molecule has 5 heteroatoms. The Labute approximate surface area is 104 Å². The Balaban J connectivity index is 2.02. The van der Waals surface area contributed by atoms with Gasteiger partial charge in [-0.1, -0.05) is 12.1 Å². The molecule has 0 saturated carbocycles. The number of hydrogen-bond donors (Lipinski definition) is 2. The van der Waals surface area contributed by atoms with E-state index in [-0.39, 0.29) is 5.91 Å². The monoisotopic (exact) mass is 238 g/mol. The number of H-pyrrole nitrogens is 1. The quantitative estimate of drug-likeness (QED) is 0.801. The molecule has 0 unspecified atom stereocenters. The minimum atomic E-state index is -0.285.